The first-order chi connectivity index (χ1) is 7.92. The Morgan fingerprint density at radius 2 is 1.76 bits per heavy atom. The molecule has 0 aliphatic carbocycles. The molecule has 1 aromatic rings. The second-order valence-electron chi connectivity index (χ2n) is 5.58. The van der Waals surface area contributed by atoms with Crippen LogP contribution in [-0.2, 0) is 6.42 Å². The van der Waals surface area contributed by atoms with Crippen LogP contribution in [0.3, 0.4) is 0 Å². The van der Waals surface area contributed by atoms with Gasteiger partial charge in [-0.2, -0.15) is 0 Å². The molecule has 1 unspecified atom stereocenters. The van der Waals surface area contributed by atoms with Crippen molar-refractivity contribution in [3.05, 3.63) is 35.4 Å². The molecule has 96 valence electrons. The molecule has 17 heavy (non-hydrogen) atoms. The number of aliphatic hydroxyl groups is 1. The molecule has 0 radical (unpaired) electrons. The summed E-state index contributed by atoms with van der Waals surface area (Å²) in [5.74, 6) is 0. The summed E-state index contributed by atoms with van der Waals surface area (Å²) in [7, 11) is 0. The van der Waals surface area contributed by atoms with Gasteiger partial charge in [0.2, 0.25) is 0 Å². The van der Waals surface area contributed by atoms with Gasteiger partial charge in [0, 0.05) is 5.54 Å². The predicted molar refractivity (Wildman–Crippen MR) is 73.2 cm³/mol. The number of hydrogen-bond donors (Lipinski definition) is 2. The number of benzene rings is 1. The molecule has 0 fully saturated rings. The minimum absolute atomic E-state index is 0.117. The first-order valence-corrected chi connectivity index (χ1v) is 6.44. The summed E-state index contributed by atoms with van der Waals surface area (Å²) in [4.78, 5) is 0. The molecule has 1 aromatic carbocycles. The van der Waals surface area contributed by atoms with Crippen LogP contribution in [0.5, 0.6) is 0 Å². The second-order valence-corrected chi connectivity index (χ2v) is 5.58. The van der Waals surface area contributed by atoms with Crippen molar-refractivity contribution >= 4 is 0 Å². The van der Waals surface area contributed by atoms with Crippen molar-refractivity contribution in [2.24, 2.45) is 0 Å². The first-order valence-electron chi connectivity index (χ1n) is 6.44. The largest absolute Gasteiger partial charge is 0.388 e. The van der Waals surface area contributed by atoms with Crippen LogP contribution < -0.4 is 5.32 Å². The van der Waals surface area contributed by atoms with Crippen LogP contribution >= 0.6 is 0 Å². The predicted octanol–water partition coefficient (Wildman–Crippen LogP) is 3.06. The highest BCUT2D eigenvalue weighted by Crippen LogP contribution is 2.17. The van der Waals surface area contributed by atoms with Crippen LogP contribution in [0.4, 0.5) is 0 Å². The molecule has 0 aliphatic heterocycles. The Morgan fingerprint density at radius 3 is 2.24 bits per heavy atom. The molecular weight excluding hydrogens is 210 g/mol. The van der Waals surface area contributed by atoms with E-state index in [2.05, 4.69) is 45.1 Å². The summed E-state index contributed by atoms with van der Waals surface area (Å²) in [6.07, 6.45) is 1.43. The van der Waals surface area contributed by atoms with Crippen molar-refractivity contribution in [2.75, 3.05) is 6.54 Å². The van der Waals surface area contributed by atoms with E-state index in [1.807, 2.05) is 12.1 Å². The fourth-order valence-electron chi connectivity index (χ4n) is 1.73. The van der Waals surface area contributed by atoms with E-state index < -0.39 is 0 Å². The molecule has 0 saturated heterocycles. The van der Waals surface area contributed by atoms with Crippen molar-refractivity contribution in [2.45, 2.75) is 52.2 Å². The fraction of sp³-hybridized carbons (Fsp3) is 0.600. The Labute approximate surface area is 105 Å². The third-order valence-corrected chi connectivity index (χ3v) is 2.85. The van der Waals surface area contributed by atoms with Crippen molar-refractivity contribution < 1.29 is 5.11 Å². The average Bonchev–Trinajstić information content (AvgIpc) is 2.27. The quantitative estimate of drug-likeness (QED) is 0.822. The molecule has 2 N–H and O–H groups in total. The maximum atomic E-state index is 10.0. The summed E-state index contributed by atoms with van der Waals surface area (Å²) >= 11 is 0. The van der Waals surface area contributed by atoms with Crippen LogP contribution in [0.25, 0.3) is 0 Å². The first kappa shape index (κ1) is 14.2. The van der Waals surface area contributed by atoms with E-state index in [-0.39, 0.29) is 11.6 Å². The Balaban J connectivity index is 2.43. The van der Waals surface area contributed by atoms with Crippen LogP contribution in [0.2, 0.25) is 0 Å². The van der Waals surface area contributed by atoms with Gasteiger partial charge in [0.1, 0.15) is 0 Å². The van der Waals surface area contributed by atoms with Gasteiger partial charge in [-0.25, -0.2) is 0 Å². The molecule has 0 spiro atoms. The zero-order valence-corrected chi connectivity index (χ0v) is 11.5. The van der Waals surface area contributed by atoms with E-state index >= 15 is 0 Å². The molecule has 0 heterocycles. The number of rotatable bonds is 5. The van der Waals surface area contributed by atoms with E-state index in [0.717, 1.165) is 24.9 Å². The van der Waals surface area contributed by atoms with E-state index in [1.165, 1.54) is 5.56 Å². The molecule has 0 bridgehead atoms. The monoisotopic (exact) mass is 235 g/mol. The third-order valence-electron chi connectivity index (χ3n) is 2.85. The van der Waals surface area contributed by atoms with E-state index in [9.17, 15) is 5.11 Å². The summed E-state index contributed by atoms with van der Waals surface area (Å²) in [5.41, 5.74) is 2.44. The minimum Gasteiger partial charge on any atom is -0.388 e. The number of nitrogens with one attached hydrogen (secondary N) is 1. The molecule has 1 rings (SSSR count). The maximum Gasteiger partial charge on any atom is 0.0802 e. The summed E-state index contributed by atoms with van der Waals surface area (Å²) in [6.45, 7) is 9.37. The van der Waals surface area contributed by atoms with E-state index in [0.29, 0.717) is 0 Å². The van der Waals surface area contributed by atoms with E-state index in [1.54, 1.807) is 0 Å². The highest BCUT2D eigenvalue weighted by molar-refractivity contribution is 5.24. The summed E-state index contributed by atoms with van der Waals surface area (Å²) in [6, 6.07) is 8.24. The Kier molecular flexibility index (Phi) is 5.16. The molecule has 2 heteroatoms. The number of hydrogen-bond acceptors (Lipinski definition) is 2. The van der Waals surface area contributed by atoms with Gasteiger partial charge in [0.05, 0.1) is 6.10 Å². The van der Waals surface area contributed by atoms with E-state index in [4.69, 9.17) is 0 Å². The average molecular weight is 235 g/mol. The van der Waals surface area contributed by atoms with Gasteiger partial charge in [-0.1, -0.05) is 31.2 Å². The topological polar surface area (TPSA) is 32.3 Å². The zero-order chi connectivity index (χ0) is 12.9. The molecule has 0 aliphatic rings. The zero-order valence-electron chi connectivity index (χ0n) is 11.5. The van der Waals surface area contributed by atoms with Gasteiger partial charge >= 0.3 is 0 Å². The van der Waals surface area contributed by atoms with Gasteiger partial charge < -0.3 is 10.4 Å². The van der Waals surface area contributed by atoms with Crippen molar-refractivity contribution in [1.29, 1.82) is 0 Å². The van der Waals surface area contributed by atoms with Gasteiger partial charge in [0.15, 0.2) is 0 Å². The molecule has 0 aromatic heterocycles. The Bertz CT molecular complexity index is 324. The lowest BCUT2D eigenvalue weighted by molar-refractivity contribution is 0.163. The van der Waals surface area contributed by atoms with Crippen molar-refractivity contribution in [1.82, 2.24) is 5.32 Å². The van der Waals surface area contributed by atoms with Crippen LogP contribution in [-0.4, -0.2) is 17.2 Å². The van der Waals surface area contributed by atoms with Crippen LogP contribution in [0.15, 0.2) is 24.3 Å². The van der Waals surface area contributed by atoms with Crippen LogP contribution in [0, 0.1) is 0 Å². The lowest BCUT2D eigenvalue weighted by Crippen LogP contribution is -2.36. The second kappa shape index (κ2) is 6.18. The number of aliphatic hydroxyl groups excluding tert-OH is 1. The Hall–Kier alpha value is -0.860. The SMILES string of the molecule is CCc1ccc(C(O)CCNC(C)(C)C)cc1. The fourth-order valence-corrected chi connectivity index (χ4v) is 1.73. The van der Waals surface area contributed by atoms with Gasteiger partial charge in [-0.3, -0.25) is 0 Å². The summed E-state index contributed by atoms with van der Waals surface area (Å²) < 4.78 is 0. The molecule has 2 nitrogen and oxygen atoms in total. The van der Waals surface area contributed by atoms with Crippen molar-refractivity contribution in [3.63, 3.8) is 0 Å². The third kappa shape index (κ3) is 5.33. The van der Waals surface area contributed by atoms with Crippen molar-refractivity contribution in [3.8, 4) is 0 Å². The Morgan fingerprint density at radius 1 is 1.18 bits per heavy atom. The summed E-state index contributed by atoms with van der Waals surface area (Å²) in [5, 5.41) is 13.4. The van der Waals surface area contributed by atoms with Gasteiger partial charge in [0.25, 0.3) is 0 Å². The lowest BCUT2D eigenvalue weighted by Gasteiger charge is -2.21. The standard InChI is InChI=1S/C15H25NO/c1-5-12-6-8-13(9-7-12)14(17)10-11-16-15(2,3)4/h6-9,14,16-17H,5,10-11H2,1-4H3. The molecular formula is C15H25NO. The normalized spacial score (nSPS) is 13.7. The highest BCUT2D eigenvalue weighted by atomic mass is 16.3. The maximum absolute atomic E-state index is 10.0. The smallest absolute Gasteiger partial charge is 0.0802 e. The molecule has 1 atom stereocenters. The number of aryl methyl sites for hydroxylation is 1. The van der Waals surface area contributed by atoms with Gasteiger partial charge in [-0.15, -0.1) is 0 Å². The lowest BCUT2D eigenvalue weighted by atomic mass is 10.0. The van der Waals surface area contributed by atoms with Crippen LogP contribution in [0.1, 0.15) is 51.3 Å². The minimum atomic E-state index is -0.365. The molecule has 0 saturated carbocycles. The molecule has 0 amide bonds. The van der Waals surface area contributed by atoms with Gasteiger partial charge in [-0.05, 0) is 51.3 Å². The highest BCUT2D eigenvalue weighted by Gasteiger charge is 2.11.